The summed E-state index contributed by atoms with van der Waals surface area (Å²) < 4.78 is 26.7. The van der Waals surface area contributed by atoms with Crippen molar-refractivity contribution in [3.63, 3.8) is 0 Å². The predicted octanol–water partition coefficient (Wildman–Crippen LogP) is 2.15. The monoisotopic (exact) mass is 240 g/mol. The van der Waals surface area contributed by atoms with Crippen LogP contribution in [0.5, 0.6) is 0 Å². The van der Waals surface area contributed by atoms with Crippen molar-refractivity contribution in [2.45, 2.75) is 25.9 Å². The van der Waals surface area contributed by atoms with Crippen molar-refractivity contribution < 1.29 is 8.78 Å². The zero-order valence-electron chi connectivity index (χ0n) is 10.3. The number of hydrogen-bond donors (Lipinski definition) is 1. The van der Waals surface area contributed by atoms with Crippen LogP contribution in [0.3, 0.4) is 0 Å². The Bertz CT molecular complexity index is 404. The maximum atomic E-state index is 13.6. The van der Waals surface area contributed by atoms with Crippen molar-refractivity contribution in [1.29, 1.82) is 0 Å². The number of hydrogen-bond acceptors (Lipinski definition) is 2. The average Bonchev–Trinajstić information content (AvgIpc) is 2.27. The third-order valence-corrected chi connectivity index (χ3v) is 3.36. The van der Waals surface area contributed by atoms with Crippen LogP contribution in [0.15, 0.2) is 18.2 Å². The first kappa shape index (κ1) is 12.5. The minimum atomic E-state index is -0.768. The van der Waals surface area contributed by atoms with Gasteiger partial charge in [-0.2, -0.15) is 0 Å². The molecule has 0 radical (unpaired) electrons. The summed E-state index contributed by atoms with van der Waals surface area (Å²) in [4.78, 5) is 2.18. The number of nitrogens with zero attached hydrogens (tertiary/aromatic N) is 1. The molecule has 1 N–H and O–H groups in total. The Hall–Kier alpha value is -1.00. The molecule has 4 heteroatoms. The predicted molar refractivity (Wildman–Crippen MR) is 63.7 cm³/mol. The van der Waals surface area contributed by atoms with Gasteiger partial charge in [0.05, 0.1) is 0 Å². The number of halogens is 2. The molecule has 2 rings (SSSR count). The fourth-order valence-corrected chi connectivity index (χ4v) is 2.19. The molecule has 1 fully saturated rings. The molecular weight excluding hydrogens is 222 g/mol. The highest BCUT2D eigenvalue weighted by atomic mass is 19.2. The SMILES string of the molecule is CC1(C)CNCCN1Cc1cccc(F)c1F. The topological polar surface area (TPSA) is 15.3 Å². The van der Waals surface area contributed by atoms with Gasteiger partial charge in [0.15, 0.2) is 11.6 Å². The van der Waals surface area contributed by atoms with E-state index in [2.05, 4.69) is 24.1 Å². The molecule has 0 amide bonds. The molecule has 0 atom stereocenters. The van der Waals surface area contributed by atoms with Crippen molar-refractivity contribution in [1.82, 2.24) is 10.2 Å². The maximum Gasteiger partial charge on any atom is 0.163 e. The van der Waals surface area contributed by atoms with Crippen LogP contribution in [0.2, 0.25) is 0 Å². The van der Waals surface area contributed by atoms with E-state index in [1.54, 1.807) is 12.1 Å². The van der Waals surface area contributed by atoms with Crippen LogP contribution in [0, 0.1) is 11.6 Å². The highest BCUT2D eigenvalue weighted by Crippen LogP contribution is 2.21. The van der Waals surface area contributed by atoms with Gasteiger partial charge in [0.2, 0.25) is 0 Å². The standard InChI is InChI=1S/C13H18F2N2/c1-13(2)9-16-6-7-17(13)8-10-4-3-5-11(14)12(10)15/h3-5,16H,6-9H2,1-2H3. The van der Waals surface area contributed by atoms with E-state index in [0.717, 1.165) is 25.7 Å². The van der Waals surface area contributed by atoms with E-state index >= 15 is 0 Å². The molecule has 0 aromatic heterocycles. The van der Waals surface area contributed by atoms with E-state index in [0.29, 0.717) is 12.1 Å². The Morgan fingerprint density at radius 3 is 2.82 bits per heavy atom. The molecule has 0 saturated carbocycles. The summed E-state index contributed by atoms with van der Waals surface area (Å²) in [7, 11) is 0. The van der Waals surface area contributed by atoms with Crippen LogP contribution in [0.1, 0.15) is 19.4 Å². The van der Waals surface area contributed by atoms with E-state index in [4.69, 9.17) is 0 Å². The minimum absolute atomic E-state index is 0.0307. The summed E-state index contributed by atoms with van der Waals surface area (Å²) in [5.74, 6) is -1.49. The van der Waals surface area contributed by atoms with E-state index in [-0.39, 0.29) is 5.54 Å². The van der Waals surface area contributed by atoms with Crippen LogP contribution < -0.4 is 5.32 Å². The third-order valence-electron chi connectivity index (χ3n) is 3.36. The molecule has 94 valence electrons. The fraction of sp³-hybridized carbons (Fsp3) is 0.538. The van der Waals surface area contributed by atoms with E-state index in [9.17, 15) is 8.78 Å². The first-order valence-corrected chi connectivity index (χ1v) is 5.89. The molecule has 1 heterocycles. The molecule has 1 aromatic carbocycles. The molecule has 1 aliphatic heterocycles. The second-order valence-electron chi connectivity index (χ2n) is 5.12. The number of nitrogens with one attached hydrogen (secondary N) is 1. The average molecular weight is 240 g/mol. The van der Waals surface area contributed by atoms with Crippen molar-refractivity contribution in [2.24, 2.45) is 0 Å². The first-order chi connectivity index (χ1) is 8.00. The lowest BCUT2D eigenvalue weighted by Crippen LogP contribution is -2.57. The Kier molecular flexibility index (Phi) is 3.45. The minimum Gasteiger partial charge on any atom is -0.314 e. The van der Waals surface area contributed by atoms with E-state index in [1.807, 2.05) is 0 Å². The molecular formula is C13H18F2N2. The van der Waals surface area contributed by atoms with Gasteiger partial charge in [-0.1, -0.05) is 12.1 Å². The quantitative estimate of drug-likeness (QED) is 0.852. The fourth-order valence-electron chi connectivity index (χ4n) is 2.19. The molecule has 2 nitrogen and oxygen atoms in total. The smallest absolute Gasteiger partial charge is 0.163 e. The van der Waals surface area contributed by atoms with Gasteiger partial charge in [-0.15, -0.1) is 0 Å². The Balaban J connectivity index is 2.17. The highest BCUT2D eigenvalue weighted by Gasteiger charge is 2.30. The van der Waals surface area contributed by atoms with Crippen LogP contribution in [-0.2, 0) is 6.54 Å². The van der Waals surface area contributed by atoms with Crippen LogP contribution in [0.25, 0.3) is 0 Å². The van der Waals surface area contributed by atoms with Crippen LogP contribution >= 0.6 is 0 Å². The van der Waals surface area contributed by atoms with Gasteiger partial charge in [0, 0.05) is 37.3 Å². The van der Waals surface area contributed by atoms with Crippen molar-refractivity contribution in [2.75, 3.05) is 19.6 Å². The van der Waals surface area contributed by atoms with Crippen molar-refractivity contribution in [3.8, 4) is 0 Å². The lowest BCUT2D eigenvalue weighted by Gasteiger charge is -2.42. The third kappa shape index (κ3) is 2.64. The first-order valence-electron chi connectivity index (χ1n) is 5.89. The molecule has 17 heavy (non-hydrogen) atoms. The Morgan fingerprint density at radius 1 is 1.35 bits per heavy atom. The summed E-state index contributed by atoms with van der Waals surface area (Å²) in [6.45, 7) is 7.28. The molecule has 1 aromatic rings. The van der Waals surface area contributed by atoms with Gasteiger partial charge in [-0.3, -0.25) is 4.90 Å². The summed E-state index contributed by atoms with van der Waals surface area (Å²) in [5, 5.41) is 3.31. The van der Waals surface area contributed by atoms with E-state index < -0.39 is 11.6 Å². The Morgan fingerprint density at radius 2 is 2.12 bits per heavy atom. The van der Waals surface area contributed by atoms with Gasteiger partial charge in [0.25, 0.3) is 0 Å². The van der Waals surface area contributed by atoms with Gasteiger partial charge in [0.1, 0.15) is 0 Å². The molecule has 0 spiro atoms. The molecule has 0 unspecified atom stereocenters. The highest BCUT2D eigenvalue weighted by molar-refractivity contribution is 5.19. The lowest BCUT2D eigenvalue weighted by atomic mass is 9.99. The van der Waals surface area contributed by atoms with Crippen molar-refractivity contribution in [3.05, 3.63) is 35.4 Å². The largest absolute Gasteiger partial charge is 0.314 e. The summed E-state index contributed by atoms with van der Waals surface area (Å²) in [6, 6.07) is 4.36. The van der Waals surface area contributed by atoms with Gasteiger partial charge < -0.3 is 5.32 Å². The zero-order valence-corrected chi connectivity index (χ0v) is 10.3. The lowest BCUT2D eigenvalue weighted by molar-refractivity contribution is 0.0813. The molecule has 1 saturated heterocycles. The molecule has 0 aliphatic carbocycles. The maximum absolute atomic E-state index is 13.6. The van der Waals surface area contributed by atoms with Crippen LogP contribution in [-0.4, -0.2) is 30.1 Å². The van der Waals surface area contributed by atoms with E-state index in [1.165, 1.54) is 0 Å². The molecule has 1 aliphatic rings. The molecule has 0 bridgehead atoms. The number of rotatable bonds is 2. The normalized spacial score (nSPS) is 20.5. The number of piperazine rings is 1. The van der Waals surface area contributed by atoms with Gasteiger partial charge in [-0.25, -0.2) is 8.78 Å². The summed E-state index contributed by atoms with van der Waals surface area (Å²) >= 11 is 0. The Labute approximate surface area is 101 Å². The zero-order chi connectivity index (χ0) is 12.5. The number of benzene rings is 1. The van der Waals surface area contributed by atoms with Crippen LogP contribution in [0.4, 0.5) is 8.78 Å². The van der Waals surface area contributed by atoms with Gasteiger partial charge in [-0.05, 0) is 19.9 Å². The summed E-state index contributed by atoms with van der Waals surface area (Å²) in [6.07, 6.45) is 0. The second-order valence-corrected chi connectivity index (χ2v) is 5.12. The second kappa shape index (κ2) is 4.70. The van der Waals surface area contributed by atoms with Gasteiger partial charge >= 0.3 is 0 Å². The van der Waals surface area contributed by atoms with Crippen molar-refractivity contribution >= 4 is 0 Å². The summed E-state index contributed by atoms with van der Waals surface area (Å²) in [5.41, 5.74) is 0.400.